The number of hydrogen-bond donors (Lipinski definition) is 0. The molecule has 0 radical (unpaired) electrons. The Bertz CT molecular complexity index is 523. The highest BCUT2D eigenvalue weighted by molar-refractivity contribution is 5.94. The van der Waals surface area contributed by atoms with Crippen molar-refractivity contribution in [3.05, 3.63) is 29.3 Å². The number of carbonyl (C=O) groups is 1. The van der Waals surface area contributed by atoms with Crippen molar-refractivity contribution in [3.8, 4) is 5.75 Å². The monoisotopic (exact) mass is 320 g/mol. The summed E-state index contributed by atoms with van der Waals surface area (Å²) in [6.45, 7) is 8.79. The maximum Gasteiger partial charge on any atom is 0.253 e. The maximum absolute atomic E-state index is 12.7. The van der Waals surface area contributed by atoms with Gasteiger partial charge in [0, 0.05) is 43.9 Å². The number of piperazine rings is 1. The first kappa shape index (κ1) is 17.8. The Hall–Kier alpha value is -1.59. The number of carbonyl (C=O) groups excluding carboxylic acids is 1. The normalized spacial score (nSPS) is 16.0. The first-order valence-corrected chi connectivity index (χ1v) is 8.23. The van der Waals surface area contributed by atoms with Crippen LogP contribution < -0.4 is 4.74 Å². The summed E-state index contributed by atoms with van der Waals surface area (Å²) >= 11 is 0. The Balaban J connectivity index is 2.08. The zero-order chi connectivity index (χ0) is 16.8. The molecule has 2 rings (SSSR count). The van der Waals surface area contributed by atoms with E-state index in [1.807, 2.05) is 23.1 Å². The first-order chi connectivity index (χ1) is 11.0. The Labute approximate surface area is 139 Å². The van der Waals surface area contributed by atoms with Crippen molar-refractivity contribution in [1.29, 1.82) is 0 Å². The standard InChI is InChI=1S/C18H28N2O3/c1-14(2)12-23-13-16-11-15(5-6-17(16)22-4)18(21)20-9-7-19(3)8-10-20/h5-6,11,14H,7-10,12-13H2,1-4H3. The predicted molar refractivity (Wildman–Crippen MR) is 90.9 cm³/mol. The Morgan fingerprint density at radius 3 is 2.52 bits per heavy atom. The molecule has 0 spiro atoms. The lowest BCUT2D eigenvalue weighted by molar-refractivity contribution is 0.0663. The van der Waals surface area contributed by atoms with Crippen LogP contribution in [-0.2, 0) is 11.3 Å². The Kier molecular flexibility index (Phi) is 6.42. The van der Waals surface area contributed by atoms with Gasteiger partial charge in [0.05, 0.1) is 13.7 Å². The largest absolute Gasteiger partial charge is 0.496 e. The minimum absolute atomic E-state index is 0.0888. The molecular formula is C18H28N2O3. The number of rotatable bonds is 6. The van der Waals surface area contributed by atoms with E-state index >= 15 is 0 Å². The van der Waals surface area contributed by atoms with Gasteiger partial charge >= 0.3 is 0 Å². The van der Waals surface area contributed by atoms with Crippen molar-refractivity contribution in [2.24, 2.45) is 5.92 Å². The van der Waals surface area contributed by atoms with Crippen molar-refractivity contribution in [1.82, 2.24) is 9.80 Å². The van der Waals surface area contributed by atoms with Gasteiger partial charge in [0.15, 0.2) is 0 Å². The van der Waals surface area contributed by atoms with E-state index < -0.39 is 0 Å². The van der Waals surface area contributed by atoms with E-state index in [0.717, 1.165) is 37.5 Å². The van der Waals surface area contributed by atoms with Crippen molar-refractivity contribution in [2.45, 2.75) is 20.5 Å². The zero-order valence-corrected chi connectivity index (χ0v) is 14.7. The lowest BCUT2D eigenvalue weighted by Crippen LogP contribution is -2.47. The molecule has 0 unspecified atom stereocenters. The lowest BCUT2D eigenvalue weighted by atomic mass is 10.1. The summed E-state index contributed by atoms with van der Waals surface area (Å²) < 4.78 is 11.1. The third kappa shape index (κ3) is 4.94. The molecule has 1 aliphatic rings. The number of methoxy groups -OCH3 is 1. The van der Waals surface area contributed by atoms with Crippen LogP contribution in [0.5, 0.6) is 5.75 Å². The molecule has 1 aromatic carbocycles. The van der Waals surface area contributed by atoms with Gasteiger partial charge in [-0.3, -0.25) is 4.79 Å². The fourth-order valence-electron chi connectivity index (χ4n) is 2.62. The molecule has 1 amide bonds. The molecule has 23 heavy (non-hydrogen) atoms. The van der Waals surface area contributed by atoms with Crippen LogP contribution in [0.2, 0.25) is 0 Å². The second-order valence-corrected chi connectivity index (χ2v) is 6.53. The smallest absolute Gasteiger partial charge is 0.253 e. The van der Waals surface area contributed by atoms with Crippen LogP contribution in [0, 0.1) is 5.92 Å². The van der Waals surface area contributed by atoms with Crippen LogP contribution in [0.1, 0.15) is 29.8 Å². The summed E-state index contributed by atoms with van der Waals surface area (Å²) in [7, 11) is 3.72. The second-order valence-electron chi connectivity index (χ2n) is 6.53. The van der Waals surface area contributed by atoms with E-state index in [2.05, 4.69) is 25.8 Å². The van der Waals surface area contributed by atoms with E-state index in [4.69, 9.17) is 9.47 Å². The van der Waals surface area contributed by atoms with Crippen LogP contribution in [0.15, 0.2) is 18.2 Å². The van der Waals surface area contributed by atoms with Gasteiger partial charge in [-0.05, 0) is 31.2 Å². The first-order valence-electron chi connectivity index (χ1n) is 8.23. The van der Waals surface area contributed by atoms with Gasteiger partial charge in [-0.15, -0.1) is 0 Å². The molecule has 1 aliphatic heterocycles. The highest BCUT2D eigenvalue weighted by Gasteiger charge is 2.21. The molecule has 1 aromatic rings. The van der Waals surface area contributed by atoms with Gasteiger partial charge in [-0.2, -0.15) is 0 Å². The van der Waals surface area contributed by atoms with Gasteiger partial charge in [0.2, 0.25) is 0 Å². The molecule has 0 atom stereocenters. The zero-order valence-electron chi connectivity index (χ0n) is 14.7. The topological polar surface area (TPSA) is 42.0 Å². The van der Waals surface area contributed by atoms with Crippen LogP contribution >= 0.6 is 0 Å². The molecule has 0 bridgehead atoms. The molecule has 5 heteroatoms. The van der Waals surface area contributed by atoms with E-state index in [1.165, 1.54) is 0 Å². The van der Waals surface area contributed by atoms with Crippen LogP contribution in [0.4, 0.5) is 0 Å². The highest BCUT2D eigenvalue weighted by Crippen LogP contribution is 2.22. The van der Waals surface area contributed by atoms with Gasteiger partial charge in [0.25, 0.3) is 5.91 Å². The van der Waals surface area contributed by atoms with Crippen molar-refractivity contribution >= 4 is 5.91 Å². The highest BCUT2D eigenvalue weighted by atomic mass is 16.5. The minimum atomic E-state index is 0.0888. The van der Waals surface area contributed by atoms with Crippen molar-refractivity contribution < 1.29 is 14.3 Å². The summed E-state index contributed by atoms with van der Waals surface area (Å²) in [6.07, 6.45) is 0. The number of benzene rings is 1. The number of amides is 1. The molecule has 0 aromatic heterocycles. The van der Waals surface area contributed by atoms with Crippen molar-refractivity contribution in [3.63, 3.8) is 0 Å². The SMILES string of the molecule is COc1ccc(C(=O)N2CCN(C)CC2)cc1COCC(C)C. The second kappa shape index (κ2) is 8.31. The molecular weight excluding hydrogens is 292 g/mol. The van der Waals surface area contributed by atoms with E-state index in [1.54, 1.807) is 7.11 Å². The van der Waals surface area contributed by atoms with Gasteiger partial charge < -0.3 is 19.3 Å². The van der Waals surface area contributed by atoms with Crippen LogP contribution in [0.25, 0.3) is 0 Å². The Morgan fingerprint density at radius 1 is 1.22 bits per heavy atom. The quantitative estimate of drug-likeness (QED) is 0.806. The average molecular weight is 320 g/mol. The lowest BCUT2D eigenvalue weighted by Gasteiger charge is -2.32. The summed E-state index contributed by atoms with van der Waals surface area (Å²) in [4.78, 5) is 16.8. The molecule has 1 saturated heterocycles. The Morgan fingerprint density at radius 2 is 1.91 bits per heavy atom. The third-order valence-electron chi connectivity index (χ3n) is 4.03. The molecule has 5 nitrogen and oxygen atoms in total. The number of ether oxygens (including phenoxy) is 2. The van der Waals surface area contributed by atoms with E-state index in [0.29, 0.717) is 24.7 Å². The fourth-order valence-corrected chi connectivity index (χ4v) is 2.62. The summed E-state index contributed by atoms with van der Waals surface area (Å²) in [5.41, 5.74) is 1.63. The molecule has 128 valence electrons. The average Bonchev–Trinajstić information content (AvgIpc) is 2.54. The summed E-state index contributed by atoms with van der Waals surface area (Å²) in [5, 5.41) is 0. The predicted octanol–water partition coefficient (Wildman–Crippen LogP) is 2.26. The van der Waals surface area contributed by atoms with Crippen LogP contribution in [0.3, 0.4) is 0 Å². The summed E-state index contributed by atoms with van der Waals surface area (Å²) in [6, 6.07) is 5.60. The molecule has 0 saturated carbocycles. The van der Waals surface area contributed by atoms with Gasteiger partial charge in [-0.1, -0.05) is 13.8 Å². The number of hydrogen-bond acceptors (Lipinski definition) is 4. The third-order valence-corrected chi connectivity index (χ3v) is 4.03. The van der Waals surface area contributed by atoms with Gasteiger partial charge in [0.1, 0.15) is 5.75 Å². The van der Waals surface area contributed by atoms with E-state index in [9.17, 15) is 4.79 Å². The molecule has 0 N–H and O–H groups in total. The number of likely N-dealkylation sites (N-methyl/N-ethyl adjacent to an activating group) is 1. The van der Waals surface area contributed by atoms with Gasteiger partial charge in [-0.25, -0.2) is 0 Å². The van der Waals surface area contributed by atoms with E-state index in [-0.39, 0.29) is 5.91 Å². The molecule has 1 fully saturated rings. The molecule has 1 heterocycles. The number of nitrogens with zero attached hydrogens (tertiary/aromatic N) is 2. The maximum atomic E-state index is 12.7. The van der Waals surface area contributed by atoms with Crippen molar-refractivity contribution in [2.75, 3.05) is 46.9 Å². The molecule has 0 aliphatic carbocycles. The van der Waals surface area contributed by atoms with Crippen LogP contribution in [-0.4, -0.2) is 62.7 Å². The summed E-state index contributed by atoms with van der Waals surface area (Å²) in [5.74, 6) is 1.34. The fraction of sp³-hybridized carbons (Fsp3) is 0.611. The minimum Gasteiger partial charge on any atom is -0.496 e.